The molecule has 2 N–H and O–H groups in total. The molecule has 2 rings (SSSR count). The summed E-state index contributed by atoms with van der Waals surface area (Å²) in [6.45, 7) is 7.03. The number of rotatable bonds is 6. The SMILES string of the molecule is CCN(CC1CCOC1)C(=O)C(C)C(N)c1ccccc1. The van der Waals surface area contributed by atoms with Crippen molar-refractivity contribution in [2.75, 3.05) is 26.3 Å². The smallest absolute Gasteiger partial charge is 0.227 e. The summed E-state index contributed by atoms with van der Waals surface area (Å²) in [7, 11) is 0. The van der Waals surface area contributed by atoms with E-state index in [9.17, 15) is 4.79 Å². The molecule has 3 unspecified atom stereocenters. The summed E-state index contributed by atoms with van der Waals surface area (Å²) < 4.78 is 5.40. The molecule has 0 radical (unpaired) electrons. The molecule has 0 spiro atoms. The molecule has 0 aromatic heterocycles. The molecule has 1 fully saturated rings. The number of carbonyl (C=O) groups is 1. The van der Waals surface area contributed by atoms with Gasteiger partial charge in [0, 0.05) is 31.7 Å². The van der Waals surface area contributed by atoms with E-state index in [-0.39, 0.29) is 17.9 Å². The van der Waals surface area contributed by atoms with Gasteiger partial charge in [-0.3, -0.25) is 4.79 Å². The zero-order chi connectivity index (χ0) is 15.2. The van der Waals surface area contributed by atoms with Crippen LogP contribution in [0.5, 0.6) is 0 Å². The van der Waals surface area contributed by atoms with Crippen LogP contribution >= 0.6 is 0 Å². The highest BCUT2D eigenvalue weighted by molar-refractivity contribution is 5.79. The molecule has 0 aliphatic carbocycles. The van der Waals surface area contributed by atoms with Crippen LogP contribution in [0, 0.1) is 11.8 Å². The van der Waals surface area contributed by atoms with Gasteiger partial charge in [0.05, 0.1) is 12.5 Å². The Morgan fingerprint density at radius 3 is 2.71 bits per heavy atom. The van der Waals surface area contributed by atoms with Crippen molar-refractivity contribution in [3.8, 4) is 0 Å². The molecule has 4 nitrogen and oxygen atoms in total. The van der Waals surface area contributed by atoms with Gasteiger partial charge in [0.25, 0.3) is 0 Å². The van der Waals surface area contributed by atoms with Crippen LogP contribution in [-0.2, 0) is 9.53 Å². The predicted molar refractivity (Wildman–Crippen MR) is 83.7 cm³/mol. The minimum Gasteiger partial charge on any atom is -0.381 e. The van der Waals surface area contributed by atoms with Crippen molar-refractivity contribution >= 4 is 5.91 Å². The molecule has 1 amide bonds. The summed E-state index contributed by atoms with van der Waals surface area (Å²) in [5.74, 6) is 0.393. The van der Waals surface area contributed by atoms with Gasteiger partial charge in [0.1, 0.15) is 0 Å². The lowest BCUT2D eigenvalue weighted by molar-refractivity contribution is -0.136. The van der Waals surface area contributed by atoms with Crippen molar-refractivity contribution in [2.24, 2.45) is 17.6 Å². The fourth-order valence-electron chi connectivity index (χ4n) is 2.82. The minimum absolute atomic E-state index is 0.140. The summed E-state index contributed by atoms with van der Waals surface area (Å²) in [6, 6.07) is 9.58. The van der Waals surface area contributed by atoms with Gasteiger partial charge < -0.3 is 15.4 Å². The minimum atomic E-state index is -0.257. The first-order valence-electron chi connectivity index (χ1n) is 7.80. The van der Waals surface area contributed by atoms with E-state index in [4.69, 9.17) is 10.5 Å². The largest absolute Gasteiger partial charge is 0.381 e. The Balaban J connectivity index is 1.98. The summed E-state index contributed by atoms with van der Waals surface area (Å²) in [5.41, 5.74) is 7.28. The van der Waals surface area contributed by atoms with Crippen LogP contribution in [0.25, 0.3) is 0 Å². The van der Waals surface area contributed by atoms with Gasteiger partial charge in [-0.25, -0.2) is 0 Å². The number of amides is 1. The molecule has 3 atom stereocenters. The van der Waals surface area contributed by atoms with Crippen LogP contribution < -0.4 is 5.73 Å². The Morgan fingerprint density at radius 1 is 1.43 bits per heavy atom. The van der Waals surface area contributed by atoms with Crippen molar-refractivity contribution in [3.05, 3.63) is 35.9 Å². The molecule has 1 saturated heterocycles. The highest BCUT2D eigenvalue weighted by atomic mass is 16.5. The fraction of sp³-hybridized carbons (Fsp3) is 0.588. The number of ether oxygens (including phenoxy) is 1. The first-order chi connectivity index (χ1) is 10.1. The van der Waals surface area contributed by atoms with E-state index in [1.807, 2.05) is 49.1 Å². The van der Waals surface area contributed by atoms with E-state index in [1.165, 1.54) is 0 Å². The second kappa shape index (κ2) is 7.57. The van der Waals surface area contributed by atoms with Crippen LogP contribution in [0.1, 0.15) is 31.9 Å². The van der Waals surface area contributed by atoms with Crippen LogP contribution in [0.2, 0.25) is 0 Å². The molecule has 4 heteroatoms. The van der Waals surface area contributed by atoms with Crippen molar-refractivity contribution < 1.29 is 9.53 Å². The van der Waals surface area contributed by atoms with Crippen molar-refractivity contribution in [1.82, 2.24) is 4.90 Å². The first kappa shape index (κ1) is 16.0. The number of nitrogens with zero attached hydrogens (tertiary/aromatic N) is 1. The number of nitrogens with two attached hydrogens (primary N) is 1. The highest BCUT2D eigenvalue weighted by Crippen LogP contribution is 2.22. The lowest BCUT2D eigenvalue weighted by atomic mass is 9.93. The molecule has 0 saturated carbocycles. The third kappa shape index (κ3) is 4.05. The molecule has 21 heavy (non-hydrogen) atoms. The number of hydrogen-bond donors (Lipinski definition) is 1. The Morgan fingerprint density at radius 2 is 2.14 bits per heavy atom. The fourth-order valence-corrected chi connectivity index (χ4v) is 2.82. The molecule has 1 aromatic carbocycles. The van der Waals surface area contributed by atoms with Crippen LogP contribution in [0.4, 0.5) is 0 Å². The van der Waals surface area contributed by atoms with Crippen LogP contribution in [0.3, 0.4) is 0 Å². The maximum atomic E-state index is 12.7. The first-order valence-corrected chi connectivity index (χ1v) is 7.80. The summed E-state index contributed by atoms with van der Waals surface area (Å²) in [6.07, 6.45) is 1.04. The van der Waals surface area contributed by atoms with Gasteiger partial charge in [-0.1, -0.05) is 37.3 Å². The lowest BCUT2D eigenvalue weighted by Crippen LogP contribution is -2.41. The molecule has 1 aliphatic rings. The van der Waals surface area contributed by atoms with Crippen LogP contribution in [-0.4, -0.2) is 37.1 Å². The standard InChI is InChI=1S/C17H26N2O2/c1-3-19(11-14-9-10-21-12-14)17(20)13(2)16(18)15-7-5-4-6-8-15/h4-8,13-14,16H,3,9-12,18H2,1-2H3. The van der Waals surface area contributed by atoms with Gasteiger partial charge in [-0.2, -0.15) is 0 Å². The van der Waals surface area contributed by atoms with Gasteiger partial charge >= 0.3 is 0 Å². The summed E-state index contributed by atoms with van der Waals surface area (Å²) >= 11 is 0. The van der Waals surface area contributed by atoms with E-state index in [1.54, 1.807) is 0 Å². The number of carbonyl (C=O) groups excluding carboxylic acids is 1. The second-order valence-corrected chi connectivity index (χ2v) is 5.83. The Hall–Kier alpha value is -1.39. The lowest BCUT2D eigenvalue weighted by Gasteiger charge is -2.29. The zero-order valence-corrected chi connectivity index (χ0v) is 13.0. The third-order valence-electron chi connectivity index (χ3n) is 4.31. The molecular weight excluding hydrogens is 264 g/mol. The normalized spacial score (nSPS) is 21.0. The summed E-state index contributed by atoms with van der Waals surface area (Å²) in [4.78, 5) is 14.6. The van der Waals surface area contributed by atoms with E-state index >= 15 is 0 Å². The highest BCUT2D eigenvalue weighted by Gasteiger charge is 2.28. The Labute approximate surface area is 127 Å². The van der Waals surface area contributed by atoms with Crippen LogP contribution in [0.15, 0.2) is 30.3 Å². The molecule has 1 aromatic rings. The third-order valence-corrected chi connectivity index (χ3v) is 4.31. The Kier molecular flexibility index (Phi) is 5.76. The Bertz CT molecular complexity index is 443. The second-order valence-electron chi connectivity index (χ2n) is 5.83. The van der Waals surface area contributed by atoms with Gasteiger partial charge in [0.2, 0.25) is 5.91 Å². The molecule has 116 valence electrons. The van der Waals surface area contributed by atoms with Gasteiger partial charge in [-0.05, 0) is 18.9 Å². The average molecular weight is 290 g/mol. The van der Waals surface area contributed by atoms with Gasteiger partial charge in [0.15, 0.2) is 0 Å². The van der Waals surface area contributed by atoms with E-state index in [0.29, 0.717) is 5.92 Å². The topological polar surface area (TPSA) is 55.6 Å². The maximum absolute atomic E-state index is 12.7. The maximum Gasteiger partial charge on any atom is 0.227 e. The predicted octanol–water partition coefficient (Wildman–Crippen LogP) is 2.21. The van der Waals surface area contributed by atoms with E-state index in [2.05, 4.69) is 0 Å². The quantitative estimate of drug-likeness (QED) is 0.874. The van der Waals surface area contributed by atoms with Crippen molar-refractivity contribution in [2.45, 2.75) is 26.3 Å². The average Bonchev–Trinajstić information content (AvgIpc) is 3.04. The molecular formula is C17H26N2O2. The summed E-state index contributed by atoms with van der Waals surface area (Å²) in [5, 5.41) is 0. The van der Waals surface area contributed by atoms with E-state index < -0.39 is 0 Å². The van der Waals surface area contributed by atoms with Crippen molar-refractivity contribution in [3.63, 3.8) is 0 Å². The molecule has 1 heterocycles. The monoisotopic (exact) mass is 290 g/mol. The van der Waals surface area contributed by atoms with E-state index in [0.717, 1.165) is 38.3 Å². The van der Waals surface area contributed by atoms with Gasteiger partial charge in [-0.15, -0.1) is 0 Å². The number of hydrogen-bond acceptors (Lipinski definition) is 3. The zero-order valence-electron chi connectivity index (χ0n) is 13.0. The van der Waals surface area contributed by atoms with Crippen molar-refractivity contribution in [1.29, 1.82) is 0 Å². The number of benzene rings is 1. The molecule has 1 aliphatic heterocycles. The molecule has 0 bridgehead atoms.